The molecule has 21 heavy (non-hydrogen) atoms. The van der Waals surface area contributed by atoms with Gasteiger partial charge in [-0.2, -0.15) is 0 Å². The van der Waals surface area contributed by atoms with Crippen molar-refractivity contribution in [3.8, 4) is 5.75 Å². The van der Waals surface area contributed by atoms with E-state index in [1.807, 2.05) is 31.2 Å². The van der Waals surface area contributed by atoms with E-state index in [0.29, 0.717) is 23.9 Å². The fourth-order valence-electron chi connectivity index (χ4n) is 1.87. The summed E-state index contributed by atoms with van der Waals surface area (Å²) in [6, 6.07) is 12.2. The third-order valence-electron chi connectivity index (χ3n) is 2.83. The van der Waals surface area contributed by atoms with Gasteiger partial charge in [0.1, 0.15) is 18.0 Å². The molecule has 0 aliphatic rings. The van der Waals surface area contributed by atoms with E-state index < -0.39 is 4.92 Å². The number of hydrogen-bond acceptors (Lipinski definition) is 4. The average Bonchev–Trinajstić information content (AvgIpc) is 2.44. The van der Waals surface area contributed by atoms with Gasteiger partial charge in [0.25, 0.3) is 5.69 Å². The van der Waals surface area contributed by atoms with Crippen molar-refractivity contribution in [3.63, 3.8) is 0 Å². The Bertz CT molecular complexity index is 647. The third kappa shape index (κ3) is 4.36. The first kappa shape index (κ1) is 15.1. The molecular weight excluding hydrogens is 292 g/mol. The van der Waals surface area contributed by atoms with Crippen LogP contribution in [0.1, 0.15) is 5.56 Å². The maximum atomic E-state index is 10.9. The molecule has 2 rings (SSSR count). The van der Waals surface area contributed by atoms with Crippen LogP contribution in [-0.2, 0) is 0 Å². The molecule has 1 N–H and O–H groups in total. The van der Waals surface area contributed by atoms with Gasteiger partial charge in [-0.05, 0) is 36.8 Å². The molecule has 0 saturated carbocycles. The molecule has 2 aromatic carbocycles. The lowest BCUT2D eigenvalue weighted by Gasteiger charge is -2.09. The average molecular weight is 307 g/mol. The molecule has 0 bridgehead atoms. The molecule has 0 radical (unpaired) electrons. The molecule has 5 nitrogen and oxygen atoms in total. The highest BCUT2D eigenvalue weighted by molar-refractivity contribution is 6.30. The first-order chi connectivity index (χ1) is 10.1. The first-order valence-electron chi connectivity index (χ1n) is 6.43. The summed E-state index contributed by atoms with van der Waals surface area (Å²) in [5.74, 6) is 0.780. The zero-order chi connectivity index (χ0) is 15.2. The predicted octanol–water partition coefficient (Wildman–Crippen LogP) is 4.05. The Morgan fingerprint density at radius 2 is 2.10 bits per heavy atom. The lowest BCUT2D eigenvalue weighted by molar-refractivity contribution is -0.383. The molecule has 0 heterocycles. The van der Waals surface area contributed by atoms with Crippen LogP contribution in [0.5, 0.6) is 5.75 Å². The number of anilines is 1. The van der Waals surface area contributed by atoms with Gasteiger partial charge in [-0.1, -0.05) is 23.7 Å². The number of hydrogen-bond donors (Lipinski definition) is 1. The molecule has 0 aliphatic carbocycles. The lowest BCUT2D eigenvalue weighted by atomic mass is 10.2. The van der Waals surface area contributed by atoms with Gasteiger partial charge in [-0.3, -0.25) is 10.1 Å². The highest BCUT2D eigenvalue weighted by atomic mass is 35.5. The van der Waals surface area contributed by atoms with Crippen LogP contribution in [0.25, 0.3) is 0 Å². The number of rotatable bonds is 6. The molecule has 0 aliphatic heterocycles. The Morgan fingerprint density at radius 1 is 1.29 bits per heavy atom. The quantitative estimate of drug-likeness (QED) is 0.497. The third-order valence-corrected chi connectivity index (χ3v) is 3.07. The van der Waals surface area contributed by atoms with E-state index >= 15 is 0 Å². The van der Waals surface area contributed by atoms with Crippen LogP contribution < -0.4 is 10.1 Å². The lowest BCUT2D eigenvalue weighted by Crippen LogP contribution is -2.12. The number of nitrogens with one attached hydrogen (secondary N) is 1. The van der Waals surface area contributed by atoms with Crippen molar-refractivity contribution in [2.24, 2.45) is 0 Å². The second-order valence-electron chi connectivity index (χ2n) is 4.51. The van der Waals surface area contributed by atoms with Crippen molar-refractivity contribution in [2.75, 3.05) is 18.5 Å². The number of nitrogens with zero attached hydrogens (tertiary/aromatic N) is 1. The number of nitro benzene ring substituents is 1. The fraction of sp³-hybridized carbons (Fsp3) is 0.200. The van der Waals surface area contributed by atoms with Gasteiger partial charge in [0.15, 0.2) is 0 Å². The summed E-state index contributed by atoms with van der Waals surface area (Å²) < 4.78 is 5.57. The molecule has 2 aromatic rings. The Morgan fingerprint density at radius 3 is 2.81 bits per heavy atom. The van der Waals surface area contributed by atoms with E-state index in [0.717, 1.165) is 11.3 Å². The van der Waals surface area contributed by atoms with Crippen molar-refractivity contribution >= 4 is 23.0 Å². The van der Waals surface area contributed by atoms with Crippen molar-refractivity contribution in [3.05, 3.63) is 63.2 Å². The molecule has 0 amide bonds. The summed E-state index contributed by atoms with van der Waals surface area (Å²) in [4.78, 5) is 10.5. The van der Waals surface area contributed by atoms with Crippen LogP contribution in [-0.4, -0.2) is 18.1 Å². The first-order valence-corrected chi connectivity index (χ1v) is 6.81. The molecule has 0 unspecified atom stereocenters. The largest absolute Gasteiger partial charge is 0.492 e. The van der Waals surface area contributed by atoms with Crippen molar-refractivity contribution in [1.29, 1.82) is 0 Å². The summed E-state index contributed by atoms with van der Waals surface area (Å²) in [6.07, 6.45) is 0. The summed E-state index contributed by atoms with van der Waals surface area (Å²) in [7, 11) is 0. The monoisotopic (exact) mass is 306 g/mol. The van der Waals surface area contributed by atoms with Crippen LogP contribution >= 0.6 is 11.6 Å². The van der Waals surface area contributed by atoms with Crippen LogP contribution in [0.2, 0.25) is 5.02 Å². The SMILES string of the molecule is Cc1cccc(OCCNc2ccc(Cl)cc2[N+](=O)[O-])c1. The normalized spacial score (nSPS) is 10.2. The Labute approximate surface area is 127 Å². The van der Waals surface area contributed by atoms with E-state index in [1.165, 1.54) is 6.07 Å². The number of benzene rings is 2. The number of halogens is 1. The van der Waals surface area contributed by atoms with Crippen molar-refractivity contribution in [2.45, 2.75) is 6.92 Å². The maximum Gasteiger partial charge on any atom is 0.293 e. The van der Waals surface area contributed by atoms with E-state index in [4.69, 9.17) is 16.3 Å². The fourth-order valence-corrected chi connectivity index (χ4v) is 2.03. The molecular formula is C15H15ClN2O3. The maximum absolute atomic E-state index is 10.9. The molecule has 6 heteroatoms. The van der Waals surface area contributed by atoms with Crippen LogP contribution in [0.15, 0.2) is 42.5 Å². The van der Waals surface area contributed by atoms with Crippen LogP contribution in [0.3, 0.4) is 0 Å². The molecule has 0 spiro atoms. The smallest absolute Gasteiger partial charge is 0.293 e. The number of aryl methyl sites for hydroxylation is 1. The predicted molar refractivity (Wildman–Crippen MR) is 83.3 cm³/mol. The minimum absolute atomic E-state index is 0.0435. The van der Waals surface area contributed by atoms with E-state index in [-0.39, 0.29) is 5.69 Å². The Hall–Kier alpha value is -2.27. The highest BCUT2D eigenvalue weighted by Gasteiger charge is 2.13. The summed E-state index contributed by atoms with van der Waals surface area (Å²) in [5, 5.41) is 14.3. The van der Waals surface area contributed by atoms with Crippen LogP contribution in [0, 0.1) is 17.0 Å². The van der Waals surface area contributed by atoms with Gasteiger partial charge in [-0.25, -0.2) is 0 Å². The second-order valence-corrected chi connectivity index (χ2v) is 4.95. The van der Waals surface area contributed by atoms with E-state index in [1.54, 1.807) is 12.1 Å². The summed E-state index contributed by atoms with van der Waals surface area (Å²) >= 11 is 5.76. The minimum atomic E-state index is -0.463. The van der Waals surface area contributed by atoms with Crippen molar-refractivity contribution < 1.29 is 9.66 Å². The van der Waals surface area contributed by atoms with Gasteiger partial charge in [0, 0.05) is 17.6 Å². The molecule has 110 valence electrons. The minimum Gasteiger partial charge on any atom is -0.492 e. The number of ether oxygens (including phenoxy) is 1. The van der Waals surface area contributed by atoms with Gasteiger partial charge < -0.3 is 10.1 Å². The van der Waals surface area contributed by atoms with Gasteiger partial charge >= 0.3 is 0 Å². The number of nitro groups is 1. The second kappa shape index (κ2) is 6.95. The topological polar surface area (TPSA) is 64.4 Å². The van der Waals surface area contributed by atoms with Crippen LogP contribution in [0.4, 0.5) is 11.4 Å². The summed E-state index contributed by atoms with van der Waals surface area (Å²) in [5.41, 5.74) is 1.50. The zero-order valence-corrected chi connectivity index (χ0v) is 12.3. The van der Waals surface area contributed by atoms with E-state index in [2.05, 4.69) is 5.32 Å². The van der Waals surface area contributed by atoms with Gasteiger partial charge in [0.2, 0.25) is 0 Å². The Kier molecular flexibility index (Phi) is 5.00. The highest BCUT2D eigenvalue weighted by Crippen LogP contribution is 2.27. The standard InChI is InChI=1S/C15H15ClN2O3/c1-11-3-2-4-13(9-11)21-8-7-17-14-6-5-12(16)10-15(14)18(19)20/h2-6,9-10,17H,7-8H2,1H3. The molecule has 0 fully saturated rings. The zero-order valence-electron chi connectivity index (χ0n) is 11.5. The van der Waals surface area contributed by atoms with E-state index in [9.17, 15) is 10.1 Å². The van der Waals surface area contributed by atoms with Gasteiger partial charge in [-0.15, -0.1) is 0 Å². The molecule has 0 saturated heterocycles. The van der Waals surface area contributed by atoms with Gasteiger partial charge in [0.05, 0.1) is 4.92 Å². The summed E-state index contributed by atoms with van der Waals surface area (Å²) in [6.45, 7) is 2.85. The Balaban J connectivity index is 1.90. The molecule has 0 atom stereocenters. The molecule has 0 aromatic heterocycles. The van der Waals surface area contributed by atoms with Crippen molar-refractivity contribution in [1.82, 2.24) is 0 Å².